The molecule has 0 amide bonds. The number of rotatable bonds is 5. The summed E-state index contributed by atoms with van der Waals surface area (Å²) in [4.78, 5) is 2.40. The van der Waals surface area contributed by atoms with E-state index in [1.54, 1.807) is 0 Å². The molecule has 8 aromatic carbocycles. The molecule has 0 unspecified atom stereocenters. The summed E-state index contributed by atoms with van der Waals surface area (Å²) < 4.78 is 6.83. The number of fused-ring (bicyclic) bond motifs is 7. The highest BCUT2D eigenvalue weighted by Gasteiger charge is 2.47. The van der Waals surface area contributed by atoms with Crippen LogP contribution < -0.4 is 4.90 Å². The largest absolute Gasteiger partial charge is 0.456 e. The minimum Gasteiger partial charge on any atom is -0.456 e. The van der Waals surface area contributed by atoms with E-state index in [2.05, 4.69) is 193 Å². The first-order chi connectivity index (χ1) is 24.3. The Labute approximate surface area is 285 Å². The van der Waals surface area contributed by atoms with E-state index >= 15 is 0 Å². The van der Waals surface area contributed by atoms with Gasteiger partial charge in [-0.3, -0.25) is 0 Å². The minimum atomic E-state index is -0.561. The van der Waals surface area contributed by atoms with Crippen molar-refractivity contribution in [3.8, 4) is 11.1 Å². The molecule has 1 aromatic heterocycles. The van der Waals surface area contributed by atoms with Gasteiger partial charge in [-0.05, 0) is 75.2 Å². The van der Waals surface area contributed by atoms with Gasteiger partial charge in [0.2, 0.25) is 0 Å². The monoisotopic (exact) mass is 625 g/mol. The van der Waals surface area contributed by atoms with Gasteiger partial charge in [-0.15, -0.1) is 0 Å². The maximum absolute atomic E-state index is 6.83. The van der Waals surface area contributed by atoms with Crippen molar-refractivity contribution in [1.82, 2.24) is 0 Å². The normalized spacial score (nSPS) is 13.1. The summed E-state index contributed by atoms with van der Waals surface area (Å²) in [7, 11) is 0. The van der Waals surface area contributed by atoms with E-state index < -0.39 is 5.41 Å². The molecule has 1 aliphatic carbocycles. The van der Waals surface area contributed by atoms with Crippen LogP contribution in [0.15, 0.2) is 192 Å². The van der Waals surface area contributed by atoms with Gasteiger partial charge in [0.25, 0.3) is 0 Å². The van der Waals surface area contributed by atoms with E-state index in [0.29, 0.717) is 0 Å². The molecule has 0 atom stereocenters. The Bertz CT molecular complexity index is 2620. The molecule has 2 nitrogen and oxygen atoms in total. The second kappa shape index (κ2) is 10.8. The fourth-order valence-electron chi connectivity index (χ4n) is 8.42. The maximum atomic E-state index is 6.83. The molecule has 0 spiro atoms. The second-order valence-electron chi connectivity index (χ2n) is 12.8. The smallest absolute Gasteiger partial charge is 0.137 e. The average molecular weight is 626 g/mol. The Morgan fingerprint density at radius 1 is 0.388 bits per heavy atom. The van der Waals surface area contributed by atoms with Crippen LogP contribution in [0.3, 0.4) is 0 Å². The van der Waals surface area contributed by atoms with Gasteiger partial charge in [-0.25, -0.2) is 0 Å². The van der Waals surface area contributed by atoms with Crippen LogP contribution in [0, 0.1) is 0 Å². The van der Waals surface area contributed by atoms with Crippen molar-refractivity contribution in [2.45, 2.75) is 5.41 Å². The molecule has 0 fully saturated rings. The Morgan fingerprint density at radius 3 is 1.67 bits per heavy atom. The third kappa shape index (κ3) is 3.95. The summed E-state index contributed by atoms with van der Waals surface area (Å²) in [6.45, 7) is 0. The lowest BCUT2D eigenvalue weighted by atomic mass is 9.66. The lowest BCUT2D eigenvalue weighted by Gasteiger charge is -2.34. The van der Waals surface area contributed by atoms with Crippen molar-refractivity contribution in [3.63, 3.8) is 0 Å². The van der Waals surface area contributed by atoms with Gasteiger partial charge in [0, 0.05) is 16.5 Å². The first-order valence-electron chi connectivity index (χ1n) is 16.9. The highest BCUT2D eigenvalue weighted by Crippen LogP contribution is 2.58. The minimum absolute atomic E-state index is 0.561. The third-order valence-corrected chi connectivity index (χ3v) is 10.3. The summed E-state index contributed by atoms with van der Waals surface area (Å²) in [6, 6.07) is 67.8. The SMILES string of the molecule is c1ccc(N(c2cccc3ccccc23)c2cccc3oc4cccc(C5(c6ccccc6)c6ccccc6-c6ccccc65)c4c23)cc1. The molecule has 9 aromatic rings. The zero-order valence-electron chi connectivity index (χ0n) is 26.8. The van der Waals surface area contributed by atoms with Crippen LogP contribution >= 0.6 is 0 Å². The van der Waals surface area contributed by atoms with Crippen LogP contribution in [0.25, 0.3) is 43.8 Å². The van der Waals surface area contributed by atoms with Crippen molar-refractivity contribution in [1.29, 1.82) is 0 Å². The predicted octanol–water partition coefficient (Wildman–Crippen LogP) is 12.6. The number of hydrogen-bond acceptors (Lipinski definition) is 2. The standard InChI is InChI=1S/C47H31NO/c1-3-18-33(19-4-1)47(38-25-11-9-23-36(38)37-24-10-12-26-39(37)47)40-27-14-30-43-45(40)46-42(29-15-31-44(46)49-43)48(34-20-5-2-6-21-34)41-28-13-17-32-16-7-8-22-35(32)41/h1-31H. The van der Waals surface area contributed by atoms with Gasteiger partial charge in [0.05, 0.1) is 22.2 Å². The summed E-state index contributed by atoms with van der Waals surface area (Å²) in [5.41, 5.74) is 12.0. The molecule has 0 saturated carbocycles. The summed E-state index contributed by atoms with van der Waals surface area (Å²) in [5, 5.41) is 4.62. The van der Waals surface area contributed by atoms with Crippen LogP contribution in [0.4, 0.5) is 17.1 Å². The molecule has 0 aliphatic heterocycles. The molecule has 230 valence electrons. The topological polar surface area (TPSA) is 16.4 Å². The third-order valence-electron chi connectivity index (χ3n) is 10.3. The Hall–Kier alpha value is -6.38. The molecule has 10 rings (SSSR count). The maximum Gasteiger partial charge on any atom is 0.137 e. The van der Waals surface area contributed by atoms with Crippen LogP contribution in [0.1, 0.15) is 22.3 Å². The molecule has 1 heterocycles. The first-order valence-corrected chi connectivity index (χ1v) is 16.9. The highest BCUT2D eigenvalue weighted by molar-refractivity contribution is 6.17. The number of para-hydroxylation sites is 1. The number of hydrogen-bond donors (Lipinski definition) is 0. The van der Waals surface area contributed by atoms with Crippen molar-refractivity contribution >= 4 is 49.8 Å². The van der Waals surface area contributed by atoms with Crippen molar-refractivity contribution in [2.75, 3.05) is 4.90 Å². The van der Waals surface area contributed by atoms with Crippen LogP contribution in [0.2, 0.25) is 0 Å². The fraction of sp³-hybridized carbons (Fsp3) is 0.0213. The van der Waals surface area contributed by atoms with E-state index in [4.69, 9.17) is 4.42 Å². The van der Waals surface area contributed by atoms with Gasteiger partial charge in [0.15, 0.2) is 0 Å². The van der Waals surface area contributed by atoms with Gasteiger partial charge in [-0.1, -0.05) is 152 Å². The quantitative estimate of drug-likeness (QED) is 0.189. The molecule has 2 heteroatoms. The second-order valence-corrected chi connectivity index (χ2v) is 12.8. The van der Waals surface area contributed by atoms with E-state index in [9.17, 15) is 0 Å². The average Bonchev–Trinajstić information content (AvgIpc) is 3.71. The van der Waals surface area contributed by atoms with Gasteiger partial charge in [0.1, 0.15) is 11.2 Å². The molecule has 49 heavy (non-hydrogen) atoms. The lowest BCUT2D eigenvalue weighted by Crippen LogP contribution is -2.28. The first kappa shape index (κ1) is 27.7. The molecule has 0 saturated heterocycles. The van der Waals surface area contributed by atoms with Gasteiger partial charge < -0.3 is 9.32 Å². The zero-order chi connectivity index (χ0) is 32.4. The molecule has 0 bridgehead atoms. The number of nitrogens with zero attached hydrogens (tertiary/aromatic N) is 1. The van der Waals surface area contributed by atoms with Crippen LogP contribution in [-0.4, -0.2) is 0 Å². The summed E-state index contributed by atoms with van der Waals surface area (Å²) in [5.74, 6) is 0. The summed E-state index contributed by atoms with van der Waals surface area (Å²) >= 11 is 0. The van der Waals surface area contributed by atoms with Crippen LogP contribution in [-0.2, 0) is 5.41 Å². The van der Waals surface area contributed by atoms with Crippen LogP contribution in [0.5, 0.6) is 0 Å². The Morgan fingerprint density at radius 2 is 0.918 bits per heavy atom. The molecule has 0 N–H and O–H groups in total. The predicted molar refractivity (Wildman–Crippen MR) is 203 cm³/mol. The van der Waals surface area contributed by atoms with Crippen molar-refractivity contribution in [2.24, 2.45) is 0 Å². The Kier molecular flexibility index (Phi) is 6.13. The zero-order valence-corrected chi connectivity index (χ0v) is 26.8. The van der Waals surface area contributed by atoms with Gasteiger partial charge in [-0.2, -0.15) is 0 Å². The van der Waals surface area contributed by atoms with E-state index in [1.165, 1.54) is 44.2 Å². The molecular weight excluding hydrogens is 595 g/mol. The van der Waals surface area contributed by atoms with E-state index in [1.807, 2.05) is 0 Å². The van der Waals surface area contributed by atoms with Crippen molar-refractivity contribution in [3.05, 3.63) is 210 Å². The lowest BCUT2D eigenvalue weighted by molar-refractivity contribution is 0.667. The van der Waals surface area contributed by atoms with E-state index in [0.717, 1.165) is 39.0 Å². The Balaban J connectivity index is 1.37. The fourth-order valence-corrected chi connectivity index (χ4v) is 8.42. The molecule has 0 radical (unpaired) electrons. The summed E-state index contributed by atoms with van der Waals surface area (Å²) in [6.07, 6.45) is 0. The highest BCUT2D eigenvalue weighted by atomic mass is 16.3. The molecular formula is C47H31NO. The number of anilines is 3. The molecule has 1 aliphatic rings. The van der Waals surface area contributed by atoms with Crippen molar-refractivity contribution < 1.29 is 4.42 Å². The van der Waals surface area contributed by atoms with Gasteiger partial charge >= 0.3 is 0 Å². The number of furan rings is 1. The number of benzene rings is 8. The van der Waals surface area contributed by atoms with E-state index in [-0.39, 0.29) is 0 Å².